The fraction of sp³-hybridized carbons (Fsp3) is 0.154. The number of nitrogens with one attached hydrogen (secondary N) is 1. The Morgan fingerprint density at radius 1 is 1.24 bits per heavy atom. The van der Waals surface area contributed by atoms with Gasteiger partial charge < -0.3 is 4.74 Å². The number of benzene rings is 1. The van der Waals surface area contributed by atoms with E-state index in [0.717, 1.165) is 5.56 Å². The van der Waals surface area contributed by atoms with Gasteiger partial charge in [-0.15, -0.1) is 0 Å². The average Bonchev–Trinajstić information content (AvgIpc) is 2.42. The molecule has 0 spiro atoms. The highest BCUT2D eigenvalue weighted by atomic mass is 79.9. The molecular weight excluding hydrogens is 424 g/mol. The molecule has 8 heteroatoms. The summed E-state index contributed by atoms with van der Waals surface area (Å²) in [5, 5.41) is 0. The monoisotopic (exact) mass is 434 g/mol. The van der Waals surface area contributed by atoms with E-state index in [4.69, 9.17) is 4.74 Å². The number of hydrogen-bond acceptors (Lipinski definition) is 4. The number of methoxy groups -OCH3 is 1. The minimum atomic E-state index is -3.81. The van der Waals surface area contributed by atoms with Crippen LogP contribution in [-0.4, -0.2) is 20.5 Å². The van der Waals surface area contributed by atoms with Gasteiger partial charge in [-0.1, -0.05) is 15.9 Å². The largest absolute Gasteiger partial charge is 0.495 e. The summed E-state index contributed by atoms with van der Waals surface area (Å²) in [6.07, 6.45) is 1.58. The van der Waals surface area contributed by atoms with Gasteiger partial charge in [0.1, 0.15) is 10.6 Å². The Hall–Kier alpha value is -1.12. The standard InChI is InChI=1S/C13H12Br2N2O3S/c1-8-5-10(15)13(16-7-8)17-21(18,19)12-6-9(14)3-4-11(12)20-2/h3-7H,1-2H3,(H,16,17). The molecule has 0 amide bonds. The number of anilines is 1. The van der Waals surface area contributed by atoms with Crippen molar-refractivity contribution in [3.8, 4) is 5.75 Å². The first-order valence-corrected chi connectivity index (χ1v) is 8.89. The number of halogens is 2. The summed E-state index contributed by atoms with van der Waals surface area (Å²) in [7, 11) is -2.39. The van der Waals surface area contributed by atoms with Crippen LogP contribution in [0.3, 0.4) is 0 Å². The van der Waals surface area contributed by atoms with Gasteiger partial charge in [0.2, 0.25) is 0 Å². The number of nitrogens with zero attached hydrogens (tertiary/aromatic N) is 1. The van der Waals surface area contributed by atoms with E-state index in [0.29, 0.717) is 8.95 Å². The molecule has 0 saturated heterocycles. The lowest BCUT2D eigenvalue weighted by atomic mass is 10.3. The van der Waals surface area contributed by atoms with Gasteiger partial charge in [0.15, 0.2) is 5.82 Å². The van der Waals surface area contributed by atoms with Crippen LogP contribution in [0.5, 0.6) is 5.75 Å². The van der Waals surface area contributed by atoms with Crippen LogP contribution in [0.25, 0.3) is 0 Å². The molecule has 112 valence electrons. The van der Waals surface area contributed by atoms with Crippen molar-refractivity contribution in [1.29, 1.82) is 0 Å². The highest BCUT2D eigenvalue weighted by Crippen LogP contribution is 2.30. The molecule has 2 rings (SSSR count). The number of hydrogen-bond donors (Lipinski definition) is 1. The fourth-order valence-electron chi connectivity index (χ4n) is 1.65. The normalized spacial score (nSPS) is 11.2. The van der Waals surface area contributed by atoms with Crippen molar-refractivity contribution in [2.45, 2.75) is 11.8 Å². The molecule has 0 unspecified atom stereocenters. The average molecular weight is 436 g/mol. The van der Waals surface area contributed by atoms with Gasteiger partial charge in [-0.25, -0.2) is 13.4 Å². The maximum absolute atomic E-state index is 12.5. The van der Waals surface area contributed by atoms with E-state index in [1.165, 1.54) is 13.2 Å². The summed E-state index contributed by atoms with van der Waals surface area (Å²) in [5.41, 5.74) is 0.921. The number of sulfonamides is 1. The Kier molecular flexibility index (Phi) is 4.90. The molecule has 0 aliphatic rings. The lowest BCUT2D eigenvalue weighted by molar-refractivity contribution is 0.403. The van der Waals surface area contributed by atoms with Gasteiger partial charge in [0.05, 0.1) is 11.6 Å². The van der Waals surface area contributed by atoms with Crippen molar-refractivity contribution in [3.05, 3.63) is 45.0 Å². The second-order valence-corrected chi connectivity index (χ2v) is 7.66. The van der Waals surface area contributed by atoms with E-state index in [1.807, 2.05) is 6.92 Å². The van der Waals surface area contributed by atoms with Crippen LogP contribution in [0, 0.1) is 6.92 Å². The smallest absolute Gasteiger partial charge is 0.266 e. The SMILES string of the molecule is COc1ccc(Br)cc1S(=O)(=O)Nc1ncc(C)cc1Br. The third-order valence-electron chi connectivity index (χ3n) is 2.62. The zero-order chi connectivity index (χ0) is 15.6. The molecule has 0 saturated carbocycles. The Labute approximate surface area is 140 Å². The van der Waals surface area contributed by atoms with Gasteiger partial charge in [0.25, 0.3) is 10.0 Å². The molecule has 0 aliphatic heterocycles. The van der Waals surface area contributed by atoms with E-state index in [-0.39, 0.29) is 16.5 Å². The molecule has 0 radical (unpaired) electrons. The van der Waals surface area contributed by atoms with Gasteiger partial charge in [-0.05, 0) is 52.7 Å². The summed E-state index contributed by atoms with van der Waals surface area (Å²) in [6.45, 7) is 1.87. The number of ether oxygens (including phenoxy) is 1. The summed E-state index contributed by atoms with van der Waals surface area (Å²) in [5.74, 6) is 0.483. The predicted octanol–water partition coefficient (Wildman–Crippen LogP) is 3.72. The highest BCUT2D eigenvalue weighted by molar-refractivity contribution is 9.10. The zero-order valence-electron chi connectivity index (χ0n) is 11.2. The molecule has 5 nitrogen and oxygen atoms in total. The van der Waals surface area contributed by atoms with Gasteiger partial charge in [0, 0.05) is 10.7 Å². The fourth-order valence-corrected chi connectivity index (χ4v) is 4.08. The van der Waals surface area contributed by atoms with Crippen LogP contribution in [0.2, 0.25) is 0 Å². The quantitative estimate of drug-likeness (QED) is 0.794. The minimum absolute atomic E-state index is 0.0358. The van der Waals surface area contributed by atoms with Crippen LogP contribution in [0.4, 0.5) is 5.82 Å². The predicted molar refractivity (Wildman–Crippen MR) is 88.2 cm³/mol. The number of rotatable bonds is 4. The van der Waals surface area contributed by atoms with Crippen LogP contribution >= 0.6 is 31.9 Å². The summed E-state index contributed by atoms with van der Waals surface area (Å²) in [6, 6.07) is 6.54. The van der Waals surface area contributed by atoms with E-state index in [9.17, 15) is 8.42 Å². The first kappa shape index (κ1) is 16.3. The molecule has 1 N–H and O–H groups in total. The molecule has 0 atom stereocenters. The molecule has 0 bridgehead atoms. The van der Waals surface area contributed by atoms with Crippen LogP contribution in [-0.2, 0) is 10.0 Å². The maximum Gasteiger partial charge on any atom is 0.266 e. The summed E-state index contributed by atoms with van der Waals surface area (Å²) < 4.78 is 33.8. The Balaban J connectivity index is 2.45. The summed E-state index contributed by atoms with van der Waals surface area (Å²) >= 11 is 6.55. The van der Waals surface area contributed by atoms with Crippen molar-refractivity contribution in [2.24, 2.45) is 0 Å². The molecule has 2 aromatic rings. The van der Waals surface area contributed by atoms with E-state index in [1.54, 1.807) is 24.4 Å². The minimum Gasteiger partial charge on any atom is -0.495 e. The van der Waals surface area contributed by atoms with Gasteiger partial charge in [-0.2, -0.15) is 0 Å². The van der Waals surface area contributed by atoms with Gasteiger partial charge >= 0.3 is 0 Å². The van der Waals surface area contributed by atoms with Crippen molar-refractivity contribution < 1.29 is 13.2 Å². The Morgan fingerprint density at radius 2 is 1.95 bits per heavy atom. The zero-order valence-corrected chi connectivity index (χ0v) is 15.2. The van der Waals surface area contributed by atoms with Gasteiger partial charge in [-0.3, -0.25) is 4.72 Å². The van der Waals surface area contributed by atoms with Crippen molar-refractivity contribution in [1.82, 2.24) is 4.98 Å². The molecule has 1 aromatic heterocycles. The molecule has 0 aliphatic carbocycles. The first-order valence-electron chi connectivity index (χ1n) is 5.82. The number of pyridine rings is 1. The summed E-state index contributed by atoms with van der Waals surface area (Å²) in [4.78, 5) is 4.11. The third kappa shape index (κ3) is 3.75. The maximum atomic E-state index is 12.5. The highest BCUT2D eigenvalue weighted by Gasteiger charge is 2.21. The molecule has 21 heavy (non-hydrogen) atoms. The van der Waals surface area contributed by atoms with Crippen molar-refractivity contribution in [2.75, 3.05) is 11.8 Å². The number of aromatic nitrogens is 1. The molecule has 1 aromatic carbocycles. The lowest BCUT2D eigenvalue weighted by Crippen LogP contribution is -2.15. The Morgan fingerprint density at radius 3 is 2.57 bits per heavy atom. The van der Waals surface area contributed by atoms with E-state index < -0.39 is 10.0 Å². The van der Waals surface area contributed by atoms with Crippen molar-refractivity contribution >= 4 is 47.7 Å². The Bertz CT molecular complexity index is 779. The van der Waals surface area contributed by atoms with Crippen molar-refractivity contribution in [3.63, 3.8) is 0 Å². The van der Waals surface area contributed by atoms with E-state index in [2.05, 4.69) is 41.6 Å². The topological polar surface area (TPSA) is 68.3 Å². The second-order valence-electron chi connectivity index (χ2n) is 4.24. The van der Waals surface area contributed by atoms with E-state index >= 15 is 0 Å². The number of aryl methyl sites for hydroxylation is 1. The van der Waals surface area contributed by atoms with Crippen LogP contribution in [0.15, 0.2) is 44.3 Å². The molecule has 1 heterocycles. The second kappa shape index (κ2) is 6.33. The molecule has 0 fully saturated rings. The first-order chi connectivity index (χ1) is 9.83. The van der Waals surface area contributed by atoms with Crippen LogP contribution < -0.4 is 9.46 Å². The van der Waals surface area contributed by atoms with Crippen LogP contribution in [0.1, 0.15) is 5.56 Å². The lowest BCUT2D eigenvalue weighted by Gasteiger charge is -2.12. The molecular formula is C13H12Br2N2O3S. The third-order valence-corrected chi connectivity index (χ3v) is 5.08.